The molecule has 14 heavy (non-hydrogen) atoms. The monoisotopic (exact) mass is 257 g/mol. The molecule has 0 aliphatic rings. The SMILES string of the molecule is C/C(=C/c1ccc(O)c(Br)c1)[N+](=O)[O-]. The van der Waals surface area contributed by atoms with Gasteiger partial charge in [0, 0.05) is 13.0 Å². The molecule has 1 N–H and O–H groups in total. The molecular weight excluding hydrogens is 250 g/mol. The van der Waals surface area contributed by atoms with Crippen LogP contribution in [0.5, 0.6) is 5.75 Å². The Morgan fingerprint density at radius 1 is 1.64 bits per heavy atom. The van der Waals surface area contributed by atoms with Crippen LogP contribution in [0.2, 0.25) is 0 Å². The van der Waals surface area contributed by atoms with Crippen molar-refractivity contribution in [2.45, 2.75) is 6.92 Å². The lowest BCUT2D eigenvalue weighted by molar-refractivity contribution is -0.422. The molecule has 0 aliphatic heterocycles. The highest BCUT2D eigenvalue weighted by atomic mass is 79.9. The lowest BCUT2D eigenvalue weighted by atomic mass is 10.2. The smallest absolute Gasteiger partial charge is 0.243 e. The first-order chi connectivity index (χ1) is 6.50. The number of allylic oxidation sites excluding steroid dienone is 1. The van der Waals surface area contributed by atoms with E-state index in [1.54, 1.807) is 12.1 Å². The summed E-state index contributed by atoms with van der Waals surface area (Å²) in [5, 5.41) is 19.5. The molecule has 0 heterocycles. The predicted octanol–water partition coefficient (Wildman–Crippen LogP) is 2.79. The molecule has 5 heteroatoms. The second-order valence-corrected chi connectivity index (χ2v) is 3.61. The third-order valence-corrected chi connectivity index (χ3v) is 2.27. The first-order valence-electron chi connectivity index (χ1n) is 3.82. The van der Waals surface area contributed by atoms with Gasteiger partial charge in [-0.05, 0) is 33.6 Å². The van der Waals surface area contributed by atoms with Gasteiger partial charge in [0.25, 0.3) is 0 Å². The standard InChI is InChI=1S/C9H8BrNO3/c1-6(11(13)14)4-7-2-3-9(12)8(10)5-7/h2-5,12H,1H3/b6-4-. The van der Waals surface area contributed by atoms with E-state index >= 15 is 0 Å². The molecule has 0 aliphatic carbocycles. The number of phenols is 1. The van der Waals surface area contributed by atoms with E-state index in [4.69, 9.17) is 0 Å². The number of phenolic OH excluding ortho intramolecular Hbond substituents is 1. The van der Waals surface area contributed by atoms with Crippen molar-refractivity contribution in [2.75, 3.05) is 0 Å². The highest BCUT2D eigenvalue weighted by Crippen LogP contribution is 2.25. The van der Waals surface area contributed by atoms with E-state index in [-0.39, 0.29) is 11.4 Å². The topological polar surface area (TPSA) is 63.4 Å². The number of halogens is 1. The van der Waals surface area contributed by atoms with E-state index in [0.29, 0.717) is 10.0 Å². The molecule has 4 nitrogen and oxygen atoms in total. The molecule has 0 atom stereocenters. The fraction of sp³-hybridized carbons (Fsp3) is 0.111. The first-order valence-corrected chi connectivity index (χ1v) is 4.61. The summed E-state index contributed by atoms with van der Waals surface area (Å²) in [7, 11) is 0. The lowest BCUT2D eigenvalue weighted by Gasteiger charge is -1.98. The van der Waals surface area contributed by atoms with Crippen molar-refractivity contribution in [3.63, 3.8) is 0 Å². The first kappa shape index (κ1) is 10.7. The van der Waals surface area contributed by atoms with Crippen molar-refractivity contribution >= 4 is 22.0 Å². The van der Waals surface area contributed by atoms with Crippen LogP contribution in [0, 0.1) is 10.1 Å². The molecule has 1 aromatic rings. The average Bonchev–Trinajstić information content (AvgIpc) is 2.11. The van der Waals surface area contributed by atoms with Crippen LogP contribution in [0.25, 0.3) is 6.08 Å². The average molecular weight is 258 g/mol. The van der Waals surface area contributed by atoms with Crippen molar-refractivity contribution in [3.05, 3.63) is 44.0 Å². The Balaban J connectivity index is 3.04. The van der Waals surface area contributed by atoms with Crippen molar-refractivity contribution in [3.8, 4) is 5.75 Å². The number of benzene rings is 1. The van der Waals surface area contributed by atoms with Crippen molar-refractivity contribution in [2.24, 2.45) is 0 Å². The Labute approximate surface area is 89.2 Å². The van der Waals surface area contributed by atoms with Gasteiger partial charge in [0.05, 0.1) is 9.40 Å². The summed E-state index contributed by atoms with van der Waals surface area (Å²) in [4.78, 5) is 9.87. The molecule has 0 aromatic heterocycles. The second kappa shape index (κ2) is 4.23. The second-order valence-electron chi connectivity index (χ2n) is 2.75. The van der Waals surface area contributed by atoms with Crippen molar-refractivity contribution < 1.29 is 10.0 Å². The molecule has 1 aromatic carbocycles. The summed E-state index contributed by atoms with van der Waals surface area (Å²) >= 11 is 3.12. The molecule has 0 bridgehead atoms. The van der Waals surface area contributed by atoms with Gasteiger partial charge >= 0.3 is 0 Å². The summed E-state index contributed by atoms with van der Waals surface area (Å²) in [6, 6.07) is 4.69. The molecule has 0 saturated heterocycles. The molecule has 0 saturated carbocycles. The van der Waals surface area contributed by atoms with Crippen molar-refractivity contribution in [1.29, 1.82) is 0 Å². The highest BCUT2D eigenvalue weighted by Gasteiger charge is 2.03. The van der Waals surface area contributed by atoms with Gasteiger partial charge in [-0.3, -0.25) is 10.1 Å². The fourth-order valence-corrected chi connectivity index (χ4v) is 1.30. The number of nitrogens with zero attached hydrogens (tertiary/aromatic N) is 1. The van der Waals surface area contributed by atoms with Gasteiger partial charge in [0.15, 0.2) is 0 Å². The predicted molar refractivity (Wildman–Crippen MR) is 56.5 cm³/mol. The Hall–Kier alpha value is -1.36. The van der Waals surface area contributed by atoms with Crippen LogP contribution in [-0.4, -0.2) is 10.0 Å². The zero-order chi connectivity index (χ0) is 10.7. The van der Waals surface area contributed by atoms with Gasteiger partial charge < -0.3 is 5.11 Å². The largest absolute Gasteiger partial charge is 0.507 e. The number of hydrogen-bond acceptors (Lipinski definition) is 3. The van der Waals surface area contributed by atoms with Crippen LogP contribution < -0.4 is 0 Å². The maximum atomic E-state index is 10.3. The van der Waals surface area contributed by atoms with Gasteiger partial charge in [0.1, 0.15) is 5.75 Å². The van der Waals surface area contributed by atoms with Gasteiger partial charge in [-0.1, -0.05) is 6.07 Å². The van der Waals surface area contributed by atoms with Gasteiger partial charge in [-0.2, -0.15) is 0 Å². The van der Waals surface area contributed by atoms with Crippen molar-refractivity contribution in [1.82, 2.24) is 0 Å². The molecule has 1 rings (SSSR count). The Morgan fingerprint density at radius 2 is 2.29 bits per heavy atom. The van der Waals surface area contributed by atoms with E-state index in [1.807, 2.05) is 0 Å². The number of hydrogen-bond donors (Lipinski definition) is 1. The van der Waals surface area contributed by atoms with Crippen LogP contribution in [0.3, 0.4) is 0 Å². The third-order valence-electron chi connectivity index (χ3n) is 1.64. The molecule has 0 fully saturated rings. The minimum absolute atomic E-state index is 0.0580. The van der Waals surface area contributed by atoms with E-state index < -0.39 is 4.92 Å². The summed E-state index contributed by atoms with van der Waals surface area (Å²) in [5.74, 6) is 0.112. The minimum Gasteiger partial charge on any atom is -0.507 e. The van der Waals surface area contributed by atoms with Gasteiger partial charge in [-0.15, -0.1) is 0 Å². The van der Waals surface area contributed by atoms with E-state index in [1.165, 1.54) is 19.1 Å². The van der Waals surface area contributed by atoms with E-state index in [2.05, 4.69) is 15.9 Å². The van der Waals surface area contributed by atoms with Crippen LogP contribution in [0.1, 0.15) is 12.5 Å². The summed E-state index contributed by atoms with van der Waals surface area (Å²) in [6.45, 7) is 1.42. The zero-order valence-electron chi connectivity index (χ0n) is 7.40. The van der Waals surface area contributed by atoms with Gasteiger partial charge in [0.2, 0.25) is 5.70 Å². The molecule has 0 spiro atoms. The minimum atomic E-state index is -0.458. The maximum Gasteiger partial charge on any atom is 0.243 e. The lowest BCUT2D eigenvalue weighted by Crippen LogP contribution is -1.92. The van der Waals surface area contributed by atoms with Crippen LogP contribution in [-0.2, 0) is 0 Å². The van der Waals surface area contributed by atoms with Gasteiger partial charge in [-0.25, -0.2) is 0 Å². The summed E-state index contributed by atoms with van der Waals surface area (Å²) < 4.78 is 0.516. The third kappa shape index (κ3) is 2.56. The summed E-state index contributed by atoms with van der Waals surface area (Å²) in [6.07, 6.45) is 1.43. The Bertz CT molecular complexity index is 401. The number of aromatic hydroxyl groups is 1. The normalized spacial score (nSPS) is 11.4. The zero-order valence-corrected chi connectivity index (χ0v) is 8.98. The Morgan fingerprint density at radius 3 is 2.79 bits per heavy atom. The molecule has 0 unspecified atom stereocenters. The number of nitro groups is 1. The quantitative estimate of drug-likeness (QED) is 0.655. The molecule has 0 amide bonds. The van der Waals surface area contributed by atoms with E-state index in [9.17, 15) is 15.2 Å². The summed E-state index contributed by atoms with van der Waals surface area (Å²) in [5.41, 5.74) is 0.728. The van der Waals surface area contributed by atoms with Crippen LogP contribution >= 0.6 is 15.9 Å². The Kier molecular flexibility index (Phi) is 3.24. The maximum absolute atomic E-state index is 10.3. The molecular formula is C9H8BrNO3. The van der Waals surface area contributed by atoms with Crippen LogP contribution in [0.4, 0.5) is 0 Å². The molecule has 74 valence electrons. The number of rotatable bonds is 2. The van der Waals surface area contributed by atoms with Crippen LogP contribution in [0.15, 0.2) is 28.4 Å². The highest BCUT2D eigenvalue weighted by molar-refractivity contribution is 9.10. The fourth-order valence-electron chi connectivity index (χ4n) is 0.907. The van der Waals surface area contributed by atoms with E-state index in [0.717, 1.165) is 0 Å². The molecule has 0 radical (unpaired) electrons.